The fourth-order valence-electron chi connectivity index (χ4n) is 1.52. The molecule has 0 spiro atoms. The number of allylic oxidation sites excluding steroid dienone is 1. The first-order valence-corrected chi connectivity index (χ1v) is 7.97. The summed E-state index contributed by atoms with van der Waals surface area (Å²) in [6.45, 7) is 0. The number of hydrogen-bond donors (Lipinski definition) is 2. The molecular weight excluding hydrogens is 372 g/mol. The molecule has 0 amide bonds. The molecule has 0 bridgehead atoms. The zero-order valence-electron chi connectivity index (χ0n) is 11.1. The molecule has 1 aromatic heterocycles. The molecule has 0 aliphatic heterocycles. The van der Waals surface area contributed by atoms with Crippen LogP contribution in [0.2, 0.25) is 5.02 Å². The normalized spacial score (nSPS) is 10.8. The van der Waals surface area contributed by atoms with Crippen molar-refractivity contribution in [3.05, 3.63) is 58.1 Å². The Hall–Kier alpha value is -1.37. The lowest BCUT2D eigenvalue weighted by Gasteiger charge is -2.08. The van der Waals surface area contributed by atoms with Gasteiger partial charge >= 0.3 is 0 Å². The van der Waals surface area contributed by atoms with E-state index in [9.17, 15) is 0 Å². The molecule has 0 aliphatic carbocycles. The topological polar surface area (TPSA) is 61.7 Å². The Balaban J connectivity index is 2.27. The lowest BCUT2D eigenvalue weighted by Crippen LogP contribution is -2.00. The van der Waals surface area contributed by atoms with Crippen LogP contribution in [0.3, 0.4) is 0 Å². The summed E-state index contributed by atoms with van der Waals surface area (Å²) in [5, 5.41) is 12.2. The molecule has 4 nitrogen and oxygen atoms in total. The average molecular weight is 384 g/mol. The third-order valence-electron chi connectivity index (χ3n) is 2.48. The summed E-state index contributed by atoms with van der Waals surface area (Å²) in [4.78, 5) is 9.23. The predicted molar refractivity (Wildman–Crippen MR) is 90.3 cm³/mol. The highest BCUT2D eigenvalue weighted by Gasteiger charge is 2.10. The fourth-order valence-corrected chi connectivity index (χ4v) is 2.85. The maximum Gasteiger partial charge on any atom is 0.124 e. The Morgan fingerprint density at radius 2 is 2.19 bits per heavy atom. The van der Waals surface area contributed by atoms with Crippen molar-refractivity contribution in [1.29, 1.82) is 5.41 Å². The molecule has 108 valence electrons. The van der Waals surface area contributed by atoms with E-state index in [1.54, 1.807) is 31.7 Å². The number of benzene rings is 1. The smallest absolute Gasteiger partial charge is 0.124 e. The van der Waals surface area contributed by atoms with E-state index in [1.807, 2.05) is 18.2 Å². The first-order valence-electron chi connectivity index (χ1n) is 5.98. The van der Waals surface area contributed by atoms with Crippen molar-refractivity contribution >= 4 is 45.0 Å². The highest BCUT2D eigenvalue weighted by molar-refractivity contribution is 9.10. The summed E-state index contributed by atoms with van der Waals surface area (Å²) in [5.74, 6) is 0. The monoisotopic (exact) mass is 382 g/mol. The standard InChI is InChI=1S/C14H12BrClN4S/c1-18-6-5-10(17)9-3-2-4-11(14(9)16)21-13-8-19-12(15)7-20-13/h2-8,17-18H,1H3/b6-5-,17-10?. The zero-order valence-corrected chi connectivity index (χ0v) is 14.3. The van der Waals surface area contributed by atoms with Gasteiger partial charge in [0.15, 0.2) is 0 Å². The molecule has 0 atom stereocenters. The van der Waals surface area contributed by atoms with Crippen LogP contribution in [0.25, 0.3) is 0 Å². The van der Waals surface area contributed by atoms with Gasteiger partial charge in [-0.1, -0.05) is 35.5 Å². The Kier molecular flexibility index (Phi) is 5.78. The minimum atomic E-state index is 0.346. The Labute approximate surface area is 140 Å². The summed E-state index contributed by atoms with van der Waals surface area (Å²) in [7, 11) is 1.78. The number of aromatic nitrogens is 2. The second-order valence-corrected chi connectivity index (χ2v) is 6.19. The van der Waals surface area contributed by atoms with Crippen LogP contribution in [-0.2, 0) is 0 Å². The summed E-state index contributed by atoms with van der Waals surface area (Å²) < 4.78 is 0.686. The van der Waals surface area contributed by atoms with Gasteiger partial charge in [0.2, 0.25) is 0 Å². The summed E-state index contributed by atoms with van der Waals surface area (Å²) >= 11 is 11.1. The summed E-state index contributed by atoms with van der Waals surface area (Å²) in [6.07, 6.45) is 6.66. The Bertz CT molecular complexity index is 673. The minimum Gasteiger partial charge on any atom is -0.394 e. The van der Waals surface area contributed by atoms with Gasteiger partial charge in [-0.05, 0) is 34.3 Å². The van der Waals surface area contributed by atoms with Crippen molar-refractivity contribution in [1.82, 2.24) is 15.3 Å². The molecule has 2 aromatic rings. The molecule has 2 rings (SSSR count). The second kappa shape index (κ2) is 7.59. The van der Waals surface area contributed by atoms with Crippen molar-refractivity contribution in [2.75, 3.05) is 7.05 Å². The van der Waals surface area contributed by atoms with Crippen LogP contribution in [0, 0.1) is 5.41 Å². The van der Waals surface area contributed by atoms with Crippen LogP contribution in [0.1, 0.15) is 5.56 Å². The largest absolute Gasteiger partial charge is 0.394 e. The predicted octanol–water partition coefficient (Wildman–Crippen LogP) is 4.14. The van der Waals surface area contributed by atoms with Crippen LogP contribution in [0.15, 0.2) is 57.4 Å². The molecule has 2 N–H and O–H groups in total. The molecule has 1 heterocycles. The van der Waals surface area contributed by atoms with Gasteiger partial charge in [0.05, 0.1) is 23.1 Å². The molecule has 7 heteroatoms. The minimum absolute atomic E-state index is 0.346. The molecular formula is C14H12BrClN4S. The first-order chi connectivity index (χ1) is 10.1. The van der Waals surface area contributed by atoms with Gasteiger partial charge in [-0.3, -0.25) is 0 Å². The molecule has 0 saturated heterocycles. The molecule has 0 fully saturated rings. The summed E-state index contributed by atoms with van der Waals surface area (Å²) in [5.41, 5.74) is 1.02. The maximum absolute atomic E-state index is 8.02. The van der Waals surface area contributed by atoms with E-state index in [1.165, 1.54) is 11.8 Å². The molecule has 21 heavy (non-hydrogen) atoms. The van der Waals surface area contributed by atoms with E-state index in [2.05, 4.69) is 31.2 Å². The van der Waals surface area contributed by atoms with Crippen molar-refractivity contribution in [3.63, 3.8) is 0 Å². The Morgan fingerprint density at radius 3 is 2.86 bits per heavy atom. The van der Waals surface area contributed by atoms with Gasteiger partial charge in [0.25, 0.3) is 0 Å². The van der Waals surface area contributed by atoms with E-state index in [0.717, 1.165) is 9.92 Å². The first kappa shape index (κ1) is 16.0. The fraction of sp³-hybridized carbons (Fsp3) is 0.0714. The van der Waals surface area contributed by atoms with Gasteiger partial charge in [-0.15, -0.1) is 0 Å². The van der Waals surface area contributed by atoms with E-state index in [-0.39, 0.29) is 0 Å². The lowest BCUT2D eigenvalue weighted by atomic mass is 10.1. The third-order valence-corrected chi connectivity index (χ3v) is 4.39. The van der Waals surface area contributed by atoms with Crippen LogP contribution in [-0.4, -0.2) is 22.7 Å². The van der Waals surface area contributed by atoms with Gasteiger partial charge < -0.3 is 10.7 Å². The van der Waals surface area contributed by atoms with Crippen LogP contribution in [0.5, 0.6) is 0 Å². The van der Waals surface area contributed by atoms with Crippen molar-refractivity contribution in [2.24, 2.45) is 0 Å². The third kappa shape index (κ3) is 4.30. The number of nitrogens with one attached hydrogen (secondary N) is 2. The van der Waals surface area contributed by atoms with Crippen LogP contribution < -0.4 is 5.32 Å². The highest BCUT2D eigenvalue weighted by Crippen LogP contribution is 2.34. The molecule has 0 saturated carbocycles. The Morgan fingerprint density at radius 1 is 1.38 bits per heavy atom. The van der Waals surface area contributed by atoms with Gasteiger partial charge in [-0.25, -0.2) is 9.97 Å². The highest BCUT2D eigenvalue weighted by atomic mass is 79.9. The van der Waals surface area contributed by atoms with E-state index >= 15 is 0 Å². The van der Waals surface area contributed by atoms with E-state index < -0.39 is 0 Å². The average Bonchev–Trinajstić information content (AvgIpc) is 2.49. The molecule has 0 aliphatic rings. The van der Waals surface area contributed by atoms with Crippen LogP contribution in [0.4, 0.5) is 0 Å². The quantitative estimate of drug-likeness (QED) is 0.762. The number of rotatable bonds is 5. The zero-order chi connectivity index (χ0) is 15.2. The van der Waals surface area contributed by atoms with E-state index in [0.29, 0.717) is 20.9 Å². The molecule has 1 aromatic carbocycles. The molecule has 0 radical (unpaired) electrons. The van der Waals surface area contributed by atoms with E-state index in [4.69, 9.17) is 17.0 Å². The molecule has 0 unspecified atom stereocenters. The van der Waals surface area contributed by atoms with Gasteiger partial charge in [-0.2, -0.15) is 0 Å². The lowest BCUT2D eigenvalue weighted by molar-refractivity contribution is 1.03. The van der Waals surface area contributed by atoms with Crippen LogP contribution >= 0.6 is 39.3 Å². The number of nitrogens with zero attached hydrogens (tertiary/aromatic N) is 2. The second-order valence-electron chi connectivity index (χ2n) is 3.93. The maximum atomic E-state index is 8.02. The van der Waals surface area contributed by atoms with Crippen molar-refractivity contribution in [2.45, 2.75) is 9.92 Å². The van der Waals surface area contributed by atoms with Gasteiger partial charge in [0, 0.05) is 17.5 Å². The van der Waals surface area contributed by atoms with Crippen molar-refractivity contribution < 1.29 is 0 Å². The number of halogens is 2. The summed E-state index contributed by atoms with van der Waals surface area (Å²) in [6, 6.07) is 5.59. The SMILES string of the molecule is CN/C=C\C(=N)c1cccc(Sc2cnc(Br)cn2)c1Cl. The number of hydrogen-bond acceptors (Lipinski definition) is 5. The van der Waals surface area contributed by atoms with Crippen molar-refractivity contribution in [3.8, 4) is 0 Å². The van der Waals surface area contributed by atoms with Gasteiger partial charge in [0.1, 0.15) is 9.63 Å².